The van der Waals surface area contributed by atoms with Crippen molar-refractivity contribution in [3.05, 3.63) is 47.4 Å². The molecule has 0 bridgehead atoms. The van der Waals surface area contributed by atoms with E-state index in [1.807, 2.05) is 0 Å². The molecule has 31 heavy (non-hydrogen) atoms. The van der Waals surface area contributed by atoms with Gasteiger partial charge in [0.2, 0.25) is 5.91 Å². The maximum Gasteiger partial charge on any atom is 0.534 e. The Kier molecular flexibility index (Phi) is 5.84. The first-order valence-corrected chi connectivity index (χ1v) is 11.1. The number of β-lactam (4-membered cyclic amide) rings is 1. The number of alkyl halides is 3. The van der Waals surface area contributed by atoms with E-state index in [2.05, 4.69) is 9.50 Å². The van der Waals surface area contributed by atoms with Gasteiger partial charge in [-0.2, -0.15) is 21.6 Å². The van der Waals surface area contributed by atoms with Crippen molar-refractivity contribution in [2.75, 3.05) is 5.75 Å². The van der Waals surface area contributed by atoms with E-state index in [0.717, 1.165) is 0 Å². The van der Waals surface area contributed by atoms with Gasteiger partial charge in [-0.15, -0.1) is 0 Å². The number of nitrogens with zero attached hydrogens (tertiary/aromatic N) is 1. The number of carbonyl (C=O) groups is 3. The topological polar surface area (TPSA) is 147 Å². The van der Waals surface area contributed by atoms with E-state index in [0.29, 0.717) is 10.5 Å². The van der Waals surface area contributed by atoms with Gasteiger partial charge in [0.1, 0.15) is 11.4 Å². The fourth-order valence-corrected chi connectivity index (χ4v) is 5.12. The molecule has 168 valence electrons. The number of carboxylic acids is 1. The first kappa shape index (κ1) is 22.7. The first-order chi connectivity index (χ1) is 14.3. The van der Waals surface area contributed by atoms with Crippen LogP contribution in [-0.2, 0) is 45.9 Å². The minimum absolute atomic E-state index is 0.135. The Morgan fingerprint density at radius 1 is 1.26 bits per heavy atom. The Morgan fingerprint density at radius 2 is 1.87 bits per heavy atom. The van der Waals surface area contributed by atoms with Crippen LogP contribution < -0.4 is 5.32 Å². The Bertz CT molecular complexity index is 1100. The highest BCUT2D eigenvalue weighted by Crippen LogP contribution is 2.37. The number of halogens is 3. The second kappa shape index (κ2) is 7.96. The SMILES string of the molecule is O=C(Cc1ccccc1)N[C@@H]1C(=O)N2C(C(=O)O)=C(OS(=O)(=O)C(F)(F)F)CS(=O)[C@H]12. The summed E-state index contributed by atoms with van der Waals surface area (Å²) in [5, 5.41) is 10.2. The zero-order valence-electron chi connectivity index (χ0n) is 15.2. The molecule has 15 heteroatoms. The largest absolute Gasteiger partial charge is 0.534 e. The predicted octanol–water partition coefficient (Wildman–Crippen LogP) is -0.193. The first-order valence-electron chi connectivity index (χ1n) is 8.34. The predicted molar refractivity (Wildman–Crippen MR) is 96.4 cm³/mol. The Labute approximate surface area is 175 Å². The molecule has 1 fully saturated rings. The van der Waals surface area contributed by atoms with Crippen molar-refractivity contribution in [3.8, 4) is 0 Å². The molecule has 0 radical (unpaired) electrons. The van der Waals surface area contributed by atoms with Gasteiger partial charge in [0.25, 0.3) is 5.91 Å². The van der Waals surface area contributed by atoms with Gasteiger partial charge in [-0.3, -0.25) is 18.7 Å². The average Bonchev–Trinajstić information content (AvgIpc) is 2.65. The maximum atomic E-state index is 12.6. The van der Waals surface area contributed by atoms with Crippen LogP contribution in [0.4, 0.5) is 13.2 Å². The number of nitrogens with one attached hydrogen (secondary N) is 1. The fraction of sp³-hybridized carbons (Fsp3) is 0.312. The van der Waals surface area contributed by atoms with Gasteiger partial charge in [-0.25, -0.2) is 4.79 Å². The van der Waals surface area contributed by atoms with Crippen molar-refractivity contribution in [3.63, 3.8) is 0 Å². The van der Waals surface area contributed by atoms with Crippen molar-refractivity contribution >= 4 is 38.7 Å². The van der Waals surface area contributed by atoms with E-state index in [9.17, 15) is 45.3 Å². The lowest BCUT2D eigenvalue weighted by Crippen LogP contribution is -2.73. The summed E-state index contributed by atoms with van der Waals surface area (Å²) in [6.07, 6.45) is -0.135. The highest BCUT2D eigenvalue weighted by atomic mass is 32.2. The van der Waals surface area contributed by atoms with Gasteiger partial charge in [-0.05, 0) is 5.56 Å². The molecule has 0 saturated carbocycles. The number of carboxylic acid groups (broad SMARTS) is 1. The molecular weight excluding hydrogens is 469 g/mol. The Morgan fingerprint density at radius 3 is 2.42 bits per heavy atom. The van der Waals surface area contributed by atoms with Crippen molar-refractivity contribution in [2.45, 2.75) is 23.3 Å². The Hall–Kier alpha value is -2.94. The molecule has 3 atom stereocenters. The summed E-state index contributed by atoms with van der Waals surface area (Å²) in [4.78, 5) is 36.5. The molecular formula is C16H13F3N2O8S2. The molecule has 3 rings (SSSR count). The number of benzene rings is 1. The average molecular weight is 482 g/mol. The number of hydrogen-bond donors (Lipinski definition) is 2. The molecule has 2 aliphatic heterocycles. The second-order valence-electron chi connectivity index (χ2n) is 6.39. The fourth-order valence-electron chi connectivity index (χ4n) is 2.99. The monoisotopic (exact) mass is 482 g/mol. The molecule has 1 unspecified atom stereocenters. The number of fused-ring (bicyclic) bond motifs is 1. The van der Waals surface area contributed by atoms with E-state index < -0.39 is 72.8 Å². The molecule has 2 heterocycles. The molecule has 2 amide bonds. The molecule has 2 aliphatic rings. The number of amides is 2. The van der Waals surface area contributed by atoms with Crippen molar-refractivity contribution < 1.29 is 49.5 Å². The van der Waals surface area contributed by atoms with E-state index in [1.54, 1.807) is 30.3 Å². The minimum atomic E-state index is -6.25. The number of carbonyl (C=O) groups excluding carboxylic acids is 2. The number of hydrogen-bond acceptors (Lipinski definition) is 7. The highest BCUT2D eigenvalue weighted by molar-refractivity contribution is 7.88. The van der Waals surface area contributed by atoms with E-state index in [-0.39, 0.29) is 6.42 Å². The summed E-state index contributed by atoms with van der Waals surface area (Å²) in [6.45, 7) is 0. The molecule has 2 N–H and O–H groups in total. The van der Waals surface area contributed by atoms with E-state index in [1.165, 1.54) is 0 Å². The van der Waals surface area contributed by atoms with Gasteiger partial charge in [0, 0.05) is 0 Å². The highest BCUT2D eigenvalue weighted by Gasteiger charge is 2.59. The summed E-state index contributed by atoms with van der Waals surface area (Å²) in [5.41, 5.74) is -6.45. The van der Waals surface area contributed by atoms with Crippen LogP contribution in [0.5, 0.6) is 0 Å². The van der Waals surface area contributed by atoms with Gasteiger partial charge in [-0.1, -0.05) is 30.3 Å². The normalized spacial score (nSPS) is 23.6. The van der Waals surface area contributed by atoms with Crippen LogP contribution in [0.2, 0.25) is 0 Å². The third kappa shape index (κ3) is 4.27. The third-order valence-corrected chi connectivity index (χ3v) is 6.87. The summed E-state index contributed by atoms with van der Waals surface area (Å²) < 4.78 is 76.5. The van der Waals surface area contributed by atoms with Crippen LogP contribution >= 0.6 is 0 Å². The number of aliphatic carboxylic acids is 1. The van der Waals surface area contributed by atoms with Crippen LogP contribution in [0.1, 0.15) is 5.56 Å². The maximum absolute atomic E-state index is 12.6. The molecule has 0 aliphatic carbocycles. The van der Waals surface area contributed by atoms with Crippen LogP contribution in [0.25, 0.3) is 0 Å². The lowest BCUT2D eigenvalue weighted by Gasteiger charge is -2.48. The van der Waals surface area contributed by atoms with Crippen LogP contribution in [0.3, 0.4) is 0 Å². The lowest BCUT2D eigenvalue weighted by molar-refractivity contribution is -0.151. The molecule has 0 spiro atoms. The molecule has 1 aromatic rings. The smallest absolute Gasteiger partial charge is 0.476 e. The van der Waals surface area contributed by atoms with Crippen molar-refractivity contribution in [1.82, 2.24) is 10.2 Å². The van der Waals surface area contributed by atoms with E-state index in [4.69, 9.17) is 0 Å². The van der Waals surface area contributed by atoms with Crippen LogP contribution in [-0.4, -0.2) is 63.1 Å². The molecule has 0 aromatic heterocycles. The third-order valence-electron chi connectivity index (χ3n) is 4.31. The summed E-state index contributed by atoms with van der Waals surface area (Å²) in [6, 6.07) is 6.96. The molecule has 10 nitrogen and oxygen atoms in total. The Balaban J connectivity index is 1.83. The zero-order chi connectivity index (χ0) is 23.1. The second-order valence-corrected chi connectivity index (χ2v) is 9.46. The van der Waals surface area contributed by atoms with Crippen molar-refractivity contribution in [1.29, 1.82) is 0 Å². The molecule has 1 saturated heterocycles. The van der Waals surface area contributed by atoms with E-state index >= 15 is 0 Å². The lowest BCUT2D eigenvalue weighted by atomic mass is 10.0. The molecule has 1 aromatic carbocycles. The summed E-state index contributed by atoms with van der Waals surface area (Å²) in [5.74, 6) is -5.99. The van der Waals surface area contributed by atoms with Gasteiger partial charge < -0.3 is 14.6 Å². The quantitative estimate of drug-likeness (QED) is 0.322. The number of rotatable bonds is 6. The summed E-state index contributed by atoms with van der Waals surface area (Å²) >= 11 is 0. The van der Waals surface area contributed by atoms with Gasteiger partial charge in [0.15, 0.2) is 11.5 Å². The van der Waals surface area contributed by atoms with Crippen LogP contribution in [0, 0.1) is 0 Å². The van der Waals surface area contributed by atoms with Gasteiger partial charge in [0.05, 0.1) is 23.0 Å². The van der Waals surface area contributed by atoms with Crippen molar-refractivity contribution in [2.24, 2.45) is 0 Å². The zero-order valence-corrected chi connectivity index (χ0v) is 16.8. The summed E-state index contributed by atoms with van der Waals surface area (Å²) in [7, 11) is -8.51. The standard InChI is InChI=1S/C16H13F3N2O8S2/c17-16(18,19)31(27,28)29-9-7-30(26)14-11(13(23)21(14)12(9)15(24)25)20-10(22)6-8-4-2-1-3-5-8/h1-5,11,14H,6-7H2,(H,20,22)(H,24,25)/t11-,14-,30?/m1/s1. The van der Waals surface area contributed by atoms with Crippen LogP contribution in [0.15, 0.2) is 41.8 Å². The van der Waals surface area contributed by atoms with Gasteiger partial charge >= 0.3 is 21.6 Å². The minimum Gasteiger partial charge on any atom is -0.476 e.